The van der Waals surface area contributed by atoms with Gasteiger partial charge in [-0.2, -0.15) is 0 Å². The highest BCUT2D eigenvalue weighted by Crippen LogP contribution is 1.77. The van der Waals surface area contributed by atoms with Crippen LogP contribution in [0, 0.1) is 0 Å². The Kier molecular flexibility index (Phi) is 5.33. The number of ketones is 1. The van der Waals surface area contributed by atoms with Crippen LogP contribution in [0.4, 0.5) is 0 Å². The summed E-state index contributed by atoms with van der Waals surface area (Å²) in [6, 6.07) is 0. The zero-order valence-electron chi connectivity index (χ0n) is 3.19. The Labute approximate surface area is 47.5 Å². The van der Waals surface area contributed by atoms with Crippen molar-refractivity contribution < 1.29 is 9.59 Å². The number of Topliss-reactive ketones (excluding diaryl/α,β-unsaturated/α-hetero) is 1. The van der Waals surface area contributed by atoms with Crippen molar-refractivity contribution in [2.75, 3.05) is 0 Å². The maximum absolute atomic E-state index is 9.66. The van der Waals surface area contributed by atoms with Gasteiger partial charge in [0.2, 0.25) is 5.78 Å². The summed E-state index contributed by atoms with van der Waals surface area (Å²) in [7, 11) is 0. The van der Waals surface area contributed by atoms with E-state index in [4.69, 9.17) is 0 Å². The Bertz CT molecular complexity index is 75.7. The molecule has 0 saturated heterocycles. The molecule has 0 spiro atoms. The minimum absolute atomic E-state index is 0. The van der Waals surface area contributed by atoms with Gasteiger partial charge in [-0.25, -0.2) is 0 Å². The smallest absolute Gasteiger partial charge is 0.287 e. The average Bonchev–Trinajstić information content (AvgIpc) is 1.36. The van der Waals surface area contributed by atoms with Crippen LogP contribution in [0.15, 0.2) is 0 Å². The minimum Gasteiger partial charge on any atom is -0.290 e. The van der Waals surface area contributed by atoms with Crippen LogP contribution >= 0.6 is 11.6 Å². The predicted octanol–water partition coefficient (Wildman–Crippen LogP) is 0.977. The first-order valence-corrected chi connectivity index (χ1v) is 1.73. The summed E-state index contributed by atoms with van der Waals surface area (Å²) in [4.78, 5) is 19.2. The molecule has 0 unspecified atom stereocenters. The van der Waals surface area contributed by atoms with Gasteiger partial charge in [-0.3, -0.25) is 9.59 Å². The summed E-state index contributed by atoms with van der Waals surface area (Å²) in [5, 5.41) is -0.907. The lowest BCUT2D eigenvalue weighted by Gasteiger charge is -1.70. The van der Waals surface area contributed by atoms with Crippen LogP contribution in [0.2, 0.25) is 0 Å². The van der Waals surface area contributed by atoms with Crippen LogP contribution in [-0.2, 0) is 9.59 Å². The van der Waals surface area contributed by atoms with E-state index in [2.05, 4.69) is 11.6 Å². The quantitative estimate of drug-likeness (QED) is 0.384. The lowest BCUT2D eigenvalue weighted by atomic mass is 10.5. The van der Waals surface area contributed by atoms with Gasteiger partial charge in [0, 0.05) is 6.92 Å². The van der Waals surface area contributed by atoms with E-state index in [9.17, 15) is 9.59 Å². The molecule has 0 aliphatic rings. The van der Waals surface area contributed by atoms with Crippen LogP contribution in [0.1, 0.15) is 14.4 Å². The second-order valence-electron chi connectivity index (χ2n) is 0.830. The van der Waals surface area contributed by atoms with Gasteiger partial charge in [-0.15, -0.1) is 0 Å². The highest BCUT2D eigenvalue weighted by atomic mass is 35.5. The second kappa shape index (κ2) is 3.81. The van der Waals surface area contributed by atoms with Gasteiger partial charge in [0.1, 0.15) is 0 Å². The van der Waals surface area contributed by atoms with Gasteiger partial charge in [-0.05, 0) is 11.6 Å². The van der Waals surface area contributed by atoms with Gasteiger partial charge in [0.25, 0.3) is 5.24 Å². The summed E-state index contributed by atoms with van der Waals surface area (Å²) in [6.45, 7) is 1.12. The van der Waals surface area contributed by atoms with Crippen molar-refractivity contribution in [3.8, 4) is 0 Å². The zero-order valence-corrected chi connectivity index (χ0v) is 3.95. The first-order chi connectivity index (χ1) is 2.64. The SMILES string of the molecule is C.CC(=O)C(=O)Cl. The molecular weight excluding hydrogens is 115 g/mol. The fourth-order valence-electron chi connectivity index (χ4n) is 0. The molecule has 3 heteroatoms. The van der Waals surface area contributed by atoms with Crippen LogP contribution in [-0.4, -0.2) is 11.0 Å². The van der Waals surface area contributed by atoms with Crippen molar-refractivity contribution in [1.29, 1.82) is 0 Å². The van der Waals surface area contributed by atoms with Crippen molar-refractivity contribution in [3.05, 3.63) is 0 Å². The minimum atomic E-state index is -0.907. The summed E-state index contributed by atoms with van der Waals surface area (Å²) < 4.78 is 0. The Morgan fingerprint density at radius 2 is 1.57 bits per heavy atom. The number of rotatable bonds is 1. The van der Waals surface area contributed by atoms with Gasteiger partial charge < -0.3 is 0 Å². The third-order valence-corrected chi connectivity index (χ3v) is 0.543. The lowest BCUT2D eigenvalue weighted by Crippen LogP contribution is -1.98. The molecule has 42 valence electrons. The van der Waals surface area contributed by atoms with Crippen molar-refractivity contribution >= 4 is 22.6 Å². The highest BCUT2D eigenvalue weighted by molar-refractivity contribution is 6.80. The fourth-order valence-corrected chi connectivity index (χ4v) is 0. The Hall–Kier alpha value is -0.370. The molecule has 0 aromatic rings. The molecule has 0 atom stereocenters. The Balaban J connectivity index is 0. The molecule has 0 heterocycles. The van der Waals surface area contributed by atoms with Crippen molar-refractivity contribution in [2.45, 2.75) is 14.4 Å². The third kappa shape index (κ3) is 5.63. The van der Waals surface area contributed by atoms with E-state index in [0.29, 0.717) is 0 Å². The normalized spacial score (nSPS) is 6.57. The maximum atomic E-state index is 9.66. The van der Waals surface area contributed by atoms with Crippen molar-refractivity contribution in [3.63, 3.8) is 0 Å². The number of hydrogen-bond acceptors (Lipinski definition) is 2. The van der Waals surface area contributed by atoms with Crippen LogP contribution < -0.4 is 0 Å². The van der Waals surface area contributed by atoms with Gasteiger partial charge in [0.05, 0.1) is 0 Å². The van der Waals surface area contributed by atoms with Gasteiger partial charge in [-0.1, -0.05) is 7.43 Å². The highest BCUT2D eigenvalue weighted by Gasteiger charge is 1.98. The molecule has 0 radical (unpaired) electrons. The van der Waals surface area contributed by atoms with E-state index in [1.165, 1.54) is 0 Å². The van der Waals surface area contributed by atoms with Crippen LogP contribution in [0.25, 0.3) is 0 Å². The molecule has 0 saturated carbocycles. The van der Waals surface area contributed by atoms with Crippen LogP contribution in [0.5, 0.6) is 0 Å². The first-order valence-electron chi connectivity index (χ1n) is 1.35. The lowest BCUT2D eigenvalue weighted by molar-refractivity contribution is -0.130. The monoisotopic (exact) mass is 122 g/mol. The molecule has 0 aliphatic heterocycles. The van der Waals surface area contributed by atoms with E-state index in [-0.39, 0.29) is 7.43 Å². The molecule has 2 nitrogen and oxygen atoms in total. The topological polar surface area (TPSA) is 34.1 Å². The molecular formula is C4H7ClO2. The average molecular weight is 123 g/mol. The molecule has 0 aromatic carbocycles. The molecule has 0 amide bonds. The number of carbonyl (C=O) groups excluding carboxylic acids is 2. The van der Waals surface area contributed by atoms with E-state index in [1.807, 2.05) is 0 Å². The van der Waals surface area contributed by atoms with Crippen molar-refractivity contribution in [2.24, 2.45) is 0 Å². The van der Waals surface area contributed by atoms with E-state index >= 15 is 0 Å². The summed E-state index contributed by atoms with van der Waals surface area (Å²) in [5.41, 5.74) is 0. The largest absolute Gasteiger partial charge is 0.290 e. The standard InChI is InChI=1S/C3H3ClO2.CH4/c1-2(5)3(4)6;/h1H3;1H4. The van der Waals surface area contributed by atoms with E-state index in [1.54, 1.807) is 0 Å². The van der Waals surface area contributed by atoms with Crippen molar-refractivity contribution in [1.82, 2.24) is 0 Å². The first kappa shape index (κ1) is 9.80. The molecule has 0 rings (SSSR count). The summed E-state index contributed by atoms with van der Waals surface area (Å²) in [5.74, 6) is -0.614. The predicted molar refractivity (Wildman–Crippen MR) is 28.3 cm³/mol. The van der Waals surface area contributed by atoms with Gasteiger partial charge >= 0.3 is 0 Å². The van der Waals surface area contributed by atoms with E-state index < -0.39 is 11.0 Å². The van der Waals surface area contributed by atoms with E-state index in [0.717, 1.165) is 6.92 Å². The third-order valence-electron chi connectivity index (χ3n) is 0.277. The zero-order chi connectivity index (χ0) is 5.15. The maximum Gasteiger partial charge on any atom is 0.287 e. The molecule has 0 bridgehead atoms. The fraction of sp³-hybridized carbons (Fsp3) is 0.500. The van der Waals surface area contributed by atoms with Gasteiger partial charge in [0.15, 0.2) is 0 Å². The number of carbonyl (C=O) groups is 2. The Morgan fingerprint density at radius 3 is 1.57 bits per heavy atom. The molecule has 7 heavy (non-hydrogen) atoms. The number of halogens is 1. The number of hydrogen-bond donors (Lipinski definition) is 0. The molecule has 0 aliphatic carbocycles. The Morgan fingerprint density at radius 1 is 1.43 bits per heavy atom. The molecule has 0 fully saturated rings. The molecule has 0 aromatic heterocycles. The second-order valence-corrected chi connectivity index (χ2v) is 1.17. The summed E-state index contributed by atoms with van der Waals surface area (Å²) in [6.07, 6.45) is 0. The summed E-state index contributed by atoms with van der Waals surface area (Å²) >= 11 is 4.62. The van der Waals surface area contributed by atoms with Crippen LogP contribution in [0.3, 0.4) is 0 Å². The molecule has 0 N–H and O–H groups in total.